The minimum Gasteiger partial charge on any atom is -0.308 e. The van der Waals surface area contributed by atoms with Crippen LogP contribution < -0.4 is 5.32 Å². The highest BCUT2D eigenvalue weighted by molar-refractivity contribution is 9.11. The van der Waals surface area contributed by atoms with Crippen LogP contribution in [0, 0.1) is 0 Å². The number of rotatable bonds is 5. The van der Waals surface area contributed by atoms with Crippen LogP contribution in [0.4, 0.5) is 0 Å². The molecule has 2 aromatic rings. The minimum absolute atomic E-state index is 0.000903. The second-order valence-electron chi connectivity index (χ2n) is 4.49. The summed E-state index contributed by atoms with van der Waals surface area (Å²) in [6, 6.07) is 6.14. The van der Waals surface area contributed by atoms with E-state index in [0.29, 0.717) is 5.02 Å². The summed E-state index contributed by atoms with van der Waals surface area (Å²) in [4.78, 5) is 0. The number of aryl methyl sites for hydroxylation is 1. The lowest BCUT2D eigenvalue weighted by atomic mass is 10.0. The van der Waals surface area contributed by atoms with E-state index in [-0.39, 0.29) is 6.04 Å². The average Bonchev–Trinajstić information content (AvgIpc) is 2.75. The van der Waals surface area contributed by atoms with Gasteiger partial charge in [-0.2, -0.15) is 5.10 Å². The molecule has 108 valence electrons. The quantitative estimate of drug-likeness (QED) is 0.753. The molecule has 0 radical (unpaired) electrons. The van der Waals surface area contributed by atoms with E-state index in [1.165, 1.54) is 0 Å². The average molecular weight is 422 g/mol. The number of nitrogens with zero attached hydrogens (tertiary/aromatic N) is 2. The Balaban J connectivity index is 2.49. The Bertz CT molecular complexity index is 598. The number of halogens is 3. The number of hydrogen-bond donors (Lipinski definition) is 1. The highest BCUT2D eigenvalue weighted by Crippen LogP contribution is 2.33. The lowest BCUT2D eigenvalue weighted by molar-refractivity contribution is 0.534. The molecule has 6 heteroatoms. The van der Waals surface area contributed by atoms with Gasteiger partial charge in [-0.1, -0.05) is 56.5 Å². The molecular formula is C14H16Br2ClN3. The van der Waals surface area contributed by atoms with Crippen molar-refractivity contribution >= 4 is 43.5 Å². The fourth-order valence-corrected chi connectivity index (χ4v) is 3.75. The van der Waals surface area contributed by atoms with Crippen molar-refractivity contribution in [1.82, 2.24) is 15.1 Å². The Kier molecular flexibility index (Phi) is 5.66. The summed E-state index contributed by atoms with van der Waals surface area (Å²) < 4.78 is 4.04. The molecule has 0 saturated heterocycles. The predicted octanol–water partition coefficient (Wildman–Crippen LogP) is 4.78. The van der Waals surface area contributed by atoms with E-state index in [1.54, 1.807) is 6.20 Å². The topological polar surface area (TPSA) is 29.9 Å². The van der Waals surface area contributed by atoms with E-state index in [9.17, 15) is 0 Å². The van der Waals surface area contributed by atoms with Crippen molar-refractivity contribution in [2.45, 2.75) is 25.9 Å². The van der Waals surface area contributed by atoms with Crippen molar-refractivity contribution in [3.05, 3.63) is 49.6 Å². The van der Waals surface area contributed by atoms with E-state index in [0.717, 1.165) is 33.2 Å². The first kappa shape index (κ1) is 16.0. The van der Waals surface area contributed by atoms with E-state index in [2.05, 4.69) is 55.3 Å². The zero-order chi connectivity index (χ0) is 14.7. The molecule has 1 heterocycles. The van der Waals surface area contributed by atoms with Gasteiger partial charge in [0.2, 0.25) is 0 Å². The van der Waals surface area contributed by atoms with Crippen molar-refractivity contribution < 1.29 is 0 Å². The van der Waals surface area contributed by atoms with Gasteiger partial charge in [0.05, 0.1) is 23.0 Å². The van der Waals surface area contributed by atoms with Gasteiger partial charge in [-0.15, -0.1) is 0 Å². The minimum atomic E-state index is -0.000903. The summed E-state index contributed by atoms with van der Waals surface area (Å²) >= 11 is 13.4. The fraction of sp³-hybridized carbons (Fsp3) is 0.357. The molecule has 0 bridgehead atoms. The summed E-state index contributed by atoms with van der Waals surface area (Å²) in [6.45, 7) is 2.98. The molecule has 1 unspecified atom stereocenters. The SMILES string of the molecule is CCCn1ncc(Cl)c1C(NC)c1ccc(Br)cc1Br. The third-order valence-corrected chi connectivity index (χ3v) is 4.58. The zero-order valence-corrected chi connectivity index (χ0v) is 15.3. The standard InChI is InChI=1S/C14H16Br2ClN3/c1-3-6-20-14(12(17)8-19-20)13(18-2)10-5-4-9(15)7-11(10)16/h4-5,7-8,13,18H,3,6H2,1-2H3. The smallest absolute Gasteiger partial charge is 0.0837 e. The van der Waals surface area contributed by atoms with Crippen LogP contribution in [0.1, 0.15) is 30.6 Å². The number of benzene rings is 1. The molecule has 0 aliphatic rings. The maximum Gasteiger partial charge on any atom is 0.0837 e. The van der Waals surface area contributed by atoms with Gasteiger partial charge < -0.3 is 5.32 Å². The van der Waals surface area contributed by atoms with E-state index in [4.69, 9.17) is 11.6 Å². The zero-order valence-electron chi connectivity index (χ0n) is 11.3. The molecule has 0 spiro atoms. The van der Waals surface area contributed by atoms with Crippen LogP contribution in [0.25, 0.3) is 0 Å². The van der Waals surface area contributed by atoms with Gasteiger partial charge >= 0.3 is 0 Å². The van der Waals surface area contributed by atoms with Crippen LogP contribution in [-0.4, -0.2) is 16.8 Å². The van der Waals surface area contributed by atoms with Gasteiger partial charge in [-0.25, -0.2) is 0 Å². The molecule has 0 aliphatic carbocycles. The first-order chi connectivity index (χ1) is 9.58. The monoisotopic (exact) mass is 419 g/mol. The van der Waals surface area contributed by atoms with E-state index >= 15 is 0 Å². The van der Waals surface area contributed by atoms with Crippen LogP contribution in [0.3, 0.4) is 0 Å². The molecule has 0 aliphatic heterocycles. The van der Waals surface area contributed by atoms with Crippen LogP contribution in [-0.2, 0) is 6.54 Å². The van der Waals surface area contributed by atoms with Gasteiger partial charge in [-0.05, 0) is 31.2 Å². The van der Waals surface area contributed by atoms with Crippen molar-refractivity contribution in [2.24, 2.45) is 0 Å². The Labute approximate surface area is 141 Å². The van der Waals surface area contributed by atoms with E-state index < -0.39 is 0 Å². The molecule has 0 saturated carbocycles. The Morgan fingerprint density at radius 1 is 1.40 bits per heavy atom. The van der Waals surface area contributed by atoms with Crippen molar-refractivity contribution in [1.29, 1.82) is 0 Å². The van der Waals surface area contributed by atoms with Gasteiger partial charge in [0.15, 0.2) is 0 Å². The molecule has 0 amide bonds. The van der Waals surface area contributed by atoms with Crippen molar-refractivity contribution in [2.75, 3.05) is 7.05 Å². The molecular weight excluding hydrogens is 405 g/mol. The first-order valence-corrected chi connectivity index (χ1v) is 8.38. The maximum atomic E-state index is 6.34. The predicted molar refractivity (Wildman–Crippen MR) is 90.3 cm³/mol. The molecule has 20 heavy (non-hydrogen) atoms. The fourth-order valence-electron chi connectivity index (χ4n) is 2.22. The molecule has 1 aromatic heterocycles. The van der Waals surface area contributed by atoms with Crippen LogP contribution in [0.15, 0.2) is 33.3 Å². The summed E-state index contributed by atoms with van der Waals surface area (Å²) in [5, 5.41) is 8.38. The maximum absolute atomic E-state index is 6.34. The molecule has 0 fully saturated rings. The third kappa shape index (κ3) is 3.27. The number of hydrogen-bond acceptors (Lipinski definition) is 2. The third-order valence-electron chi connectivity index (χ3n) is 3.10. The van der Waals surface area contributed by atoms with Gasteiger partial charge in [0.1, 0.15) is 0 Å². The van der Waals surface area contributed by atoms with Crippen molar-refractivity contribution in [3.8, 4) is 0 Å². The molecule has 2 rings (SSSR count). The molecule has 3 nitrogen and oxygen atoms in total. The first-order valence-electron chi connectivity index (χ1n) is 6.41. The van der Waals surface area contributed by atoms with Gasteiger partial charge in [0.25, 0.3) is 0 Å². The van der Waals surface area contributed by atoms with Crippen LogP contribution >= 0.6 is 43.5 Å². The van der Waals surface area contributed by atoms with E-state index in [1.807, 2.05) is 23.9 Å². The lowest BCUT2D eigenvalue weighted by Crippen LogP contribution is -2.22. The Hall–Kier alpha value is -0.360. The number of aromatic nitrogens is 2. The largest absolute Gasteiger partial charge is 0.308 e. The Morgan fingerprint density at radius 3 is 2.75 bits per heavy atom. The van der Waals surface area contributed by atoms with Gasteiger partial charge in [-0.3, -0.25) is 4.68 Å². The van der Waals surface area contributed by atoms with Crippen molar-refractivity contribution in [3.63, 3.8) is 0 Å². The van der Waals surface area contributed by atoms with Gasteiger partial charge in [0, 0.05) is 15.5 Å². The molecule has 1 aromatic carbocycles. The summed E-state index contributed by atoms with van der Waals surface area (Å²) in [5.74, 6) is 0. The second kappa shape index (κ2) is 7.07. The highest BCUT2D eigenvalue weighted by Gasteiger charge is 2.22. The summed E-state index contributed by atoms with van der Waals surface area (Å²) in [7, 11) is 1.93. The molecule has 1 atom stereocenters. The summed E-state index contributed by atoms with van der Waals surface area (Å²) in [5.41, 5.74) is 2.13. The Morgan fingerprint density at radius 2 is 2.15 bits per heavy atom. The second-order valence-corrected chi connectivity index (χ2v) is 6.67. The van der Waals surface area contributed by atoms with Crippen LogP contribution in [0.2, 0.25) is 5.02 Å². The van der Waals surface area contributed by atoms with Crippen LogP contribution in [0.5, 0.6) is 0 Å². The molecule has 1 N–H and O–H groups in total. The normalized spacial score (nSPS) is 12.7. The highest BCUT2D eigenvalue weighted by atomic mass is 79.9. The lowest BCUT2D eigenvalue weighted by Gasteiger charge is -2.20. The number of nitrogens with one attached hydrogen (secondary N) is 1. The summed E-state index contributed by atoms with van der Waals surface area (Å²) in [6.07, 6.45) is 2.73.